The van der Waals surface area contributed by atoms with Gasteiger partial charge in [0, 0.05) is 6.07 Å². The van der Waals surface area contributed by atoms with Crippen LogP contribution in [0.5, 0.6) is 11.5 Å². The number of carbonyl (C=O) groups is 2. The number of rotatable bonds is 3. The van der Waals surface area contributed by atoms with Gasteiger partial charge in [0.1, 0.15) is 17.3 Å². The summed E-state index contributed by atoms with van der Waals surface area (Å²) in [4.78, 5) is 36.1. The number of aromatic nitrogens is 1. The number of carbonyl (C=O) groups excluding carboxylic acids is 2. The number of amides is 2. The Balaban J connectivity index is 1.70. The molecule has 0 bridgehead atoms. The van der Waals surface area contributed by atoms with E-state index in [0.717, 1.165) is 11.6 Å². The first-order chi connectivity index (χ1) is 12.9. The Morgan fingerprint density at radius 1 is 0.889 bits per heavy atom. The summed E-state index contributed by atoms with van der Waals surface area (Å²) in [6.07, 6.45) is 0. The number of nitrogen functional groups attached to an aromatic ring is 1. The normalized spacial score (nSPS) is 12.6. The standard InChI is InChI=1S/C20H15N3O4/c1-11-2-6-13(7-3-11)27-14-8-4-12(5-9-14)23-16(24)10-15-17(18(23)21)20(26)22-19(15)25/h2-10H,21H2,1H3,(H,22,25,26). The van der Waals surface area contributed by atoms with Gasteiger partial charge in [0.15, 0.2) is 0 Å². The molecule has 3 aromatic rings. The van der Waals surface area contributed by atoms with E-state index in [4.69, 9.17) is 10.5 Å². The molecule has 0 fully saturated rings. The Bertz CT molecular complexity index is 1130. The lowest BCUT2D eigenvalue weighted by atomic mass is 10.1. The van der Waals surface area contributed by atoms with Crippen molar-refractivity contribution >= 4 is 17.6 Å². The highest BCUT2D eigenvalue weighted by Gasteiger charge is 2.31. The molecule has 1 aliphatic rings. The quantitative estimate of drug-likeness (QED) is 0.697. The smallest absolute Gasteiger partial charge is 0.262 e. The van der Waals surface area contributed by atoms with Crippen LogP contribution in [0.4, 0.5) is 5.82 Å². The summed E-state index contributed by atoms with van der Waals surface area (Å²) in [6, 6.07) is 15.4. The van der Waals surface area contributed by atoms with Crippen molar-refractivity contribution in [2.75, 3.05) is 5.73 Å². The van der Waals surface area contributed by atoms with E-state index in [0.29, 0.717) is 17.2 Å². The fourth-order valence-corrected chi connectivity index (χ4v) is 2.95. The second-order valence-corrected chi connectivity index (χ2v) is 6.18. The summed E-state index contributed by atoms with van der Waals surface area (Å²) in [6.45, 7) is 1.99. The minimum atomic E-state index is -0.618. The third kappa shape index (κ3) is 2.85. The van der Waals surface area contributed by atoms with Crippen molar-refractivity contribution < 1.29 is 14.3 Å². The lowest BCUT2D eigenvalue weighted by Crippen LogP contribution is -2.24. The molecule has 4 rings (SSSR count). The van der Waals surface area contributed by atoms with Crippen LogP contribution in [0, 0.1) is 6.92 Å². The van der Waals surface area contributed by atoms with Crippen molar-refractivity contribution in [1.82, 2.24) is 9.88 Å². The number of nitrogens with one attached hydrogen (secondary N) is 1. The first-order valence-corrected chi connectivity index (χ1v) is 8.20. The number of nitrogens with zero attached hydrogens (tertiary/aromatic N) is 1. The van der Waals surface area contributed by atoms with E-state index >= 15 is 0 Å². The maximum Gasteiger partial charge on any atom is 0.262 e. The maximum atomic E-state index is 12.4. The zero-order valence-electron chi connectivity index (χ0n) is 14.4. The van der Waals surface area contributed by atoms with E-state index in [-0.39, 0.29) is 16.9 Å². The second kappa shape index (κ2) is 6.14. The molecule has 0 aliphatic carbocycles. The van der Waals surface area contributed by atoms with Crippen LogP contribution in [0.3, 0.4) is 0 Å². The molecule has 0 radical (unpaired) electrons. The highest BCUT2D eigenvalue weighted by atomic mass is 16.5. The van der Waals surface area contributed by atoms with Gasteiger partial charge in [-0.2, -0.15) is 0 Å². The molecule has 7 heteroatoms. The Morgan fingerprint density at radius 2 is 1.48 bits per heavy atom. The SMILES string of the molecule is Cc1ccc(Oc2ccc(-n3c(N)c4c(cc3=O)C(=O)NC4=O)cc2)cc1. The first kappa shape index (κ1) is 16.6. The molecule has 0 spiro atoms. The van der Waals surface area contributed by atoms with Crippen LogP contribution in [-0.4, -0.2) is 16.4 Å². The summed E-state index contributed by atoms with van der Waals surface area (Å²) in [5, 5.41) is 2.14. The van der Waals surface area contributed by atoms with E-state index in [1.165, 1.54) is 4.57 Å². The molecule has 134 valence electrons. The van der Waals surface area contributed by atoms with Crippen LogP contribution in [0.25, 0.3) is 5.69 Å². The van der Waals surface area contributed by atoms with Crippen LogP contribution >= 0.6 is 0 Å². The van der Waals surface area contributed by atoms with Crippen LogP contribution in [-0.2, 0) is 0 Å². The van der Waals surface area contributed by atoms with Gasteiger partial charge in [-0.15, -0.1) is 0 Å². The predicted octanol–water partition coefficient (Wildman–Crippen LogP) is 2.40. The van der Waals surface area contributed by atoms with Crippen molar-refractivity contribution in [2.45, 2.75) is 6.92 Å². The van der Waals surface area contributed by atoms with Crippen molar-refractivity contribution in [3.05, 3.63) is 81.6 Å². The minimum Gasteiger partial charge on any atom is -0.457 e. The first-order valence-electron chi connectivity index (χ1n) is 8.20. The average molecular weight is 361 g/mol. The molecule has 1 aliphatic heterocycles. The second-order valence-electron chi connectivity index (χ2n) is 6.18. The number of fused-ring (bicyclic) bond motifs is 1. The molecule has 7 nitrogen and oxygen atoms in total. The van der Waals surface area contributed by atoms with Crippen molar-refractivity contribution in [2.24, 2.45) is 0 Å². The zero-order valence-corrected chi connectivity index (χ0v) is 14.4. The fourth-order valence-electron chi connectivity index (χ4n) is 2.95. The molecule has 0 atom stereocenters. The molecule has 2 aromatic carbocycles. The fraction of sp³-hybridized carbons (Fsp3) is 0.0500. The van der Waals surface area contributed by atoms with Gasteiger partial charge in [-0.1, -0.05) is 17.7 Å². The minimum absolute atomic E-state index is 0.00178. The number of ether oxygens (including phenoxy) is 1. The largest absolute Gasteiger partial charge is 0.457 e. The van der Waals surface area contributed by atoms with E-state index < -0.39 is 17.4 Å². The number of imide groups is 1. The summed E-state index contributed by atoms with van der Waals surface area (Å²) >= 11 is 0. The third-order valence-electron chi connectivity index (χ3n) is 4.30. The molecule has 1 aromatic heterocycles. The Labute approximate surface area is 154 Å². The molecule has 0 saturated heterocycles. The summed E-state index contributed by atoms with van der Waals surface area (Å²) < 4.78 is 6.95. The van der Waals surface area contributed by atoms with E-state index in [1.54, 1.807) is 24.3 Å². The van der Waals surface area contributed by atoms with Gasteiger partial charge in [-0.05, 0) is 43.3 Å². The van der Waals surface area contributed by atoms with E-state index in [1.807, 2.05) is 31.2 Å². The van der Waals surface area contributed by atoms with Crippen LogP contribution < -0.4 is 21.3 Å². The van der Waals surface area contributed by atoms with Gasteiger partial charge in [0.05, 0.1) is 16.8 Å². The number of hydrogen-bond acceptors (Lipinski definition) is 5. The molecule has 0 unspecified atom stereocenters. The third-order valence-corrected chi connectivity index (χ3v) is 4.30. The average Bonchev–Trinajstić information content (AvgIpc) is 2.92. The van der Waals surface area contributed by atoms with Crippen LogP contribution in [0.2, 0.25) is 0 Å². The monoisotopic (exact) mass is 361 g/mol. The zero-order chi connectivity index (χ0) is 19.1. The Kier molecular flexibility index (Phi) is 3.77. The summed E-state index contributed by atoms with van der Waals surface area (Å²) in [7, 11) is 0. The van der Waals surface area contributed by atoms with Gasteiger partial charge in [0.25, 0.3) is 17.4 Å². The van der Waals surface area contributed by atoms with Gasteiger partial charge in [-0.25, -0.2) is 0 Å². The van der Waals surface area contributed by atoms with Crippen molar-refractivity contribution in [3.8, 4) is 17.2 Å². The molecular formula is C20H15N3O4. The Morgan fingerprint density at radius 3 is 2.11 bits per heavy atom. The number of aryl methyl sites for hydroxylation is 1. The van der Waals surface area contributed by atoms with E-state index in [2.05, 4.69) is 5.32 Å². The van der Waals surface area contributed by atoms with E-state index in [9.17, 15) is 14.4 Å². The number of benzene rings is 2. The molecule has 2 amide bonds. The summed E-state index contributed by atoms with van der Waals surface area (Å²) in [5.74, 6) is -0.0255. The number of nitrogens with two attached hydrogens (primary N) is 1. The lowest BCUT2D eigenvalue weighted by Gasteiger charge is -2.12. The molecule has 0 saturated carbocycles. The maximum absolute atomic E-state index is 12.4. The highest BCUT2D eigenvalue weighted by Crippen LogP contribution is 2.26. The number of pyridine rings is 1. The van der Waals surface area contributed by atoms with Crippen LogP contribution in [0.1, 0.15) is 26.3 Å². The molecule has 27 heavy (non-hydrogen) atoms. The van der Waals surface area contributed by atoms with Crippen molar-refractivity contribution in [3.63, 3.8) is 0 Å². The van der Waals surface area contributed by atoms with Crippen LogP contribution in [0.15, 0.2) is 59.4 Å². The topological polar surface area (TPSA) is 103 Å². The molecular weight excluding hydrogens is 346 g/mol. The van der Waals surface area contributed by atoms with Gasteiger partial charge >= 0.3 is 0 Å². The van der Waals surface area contributed by atoms with Crippen molar-refractivity contribution in [1.29, 1.82) is 0 Å². The lowest BCUT2D eigenvalue weighted by molar-refractivity contribution is 0.0880. The van der Waals surface area contributed by atoms with Gasteiger partial charge in [0.2, 0.25) is 0 Å². The van der Waals surface area contributed by atoms with Gasteiger partial charge in [-0.3, -0.25) is 24.3 Å². The molecule has 2 heterocycles. The Hall–Kier alpha value is -3.87. The predicted molar refractivity (Wildman–Crippen MR) is 99.5 cm³/mol. The number of anilines is 1. The number of hydrogen-bond donors (Lipinski definition) is 2. The highest BCUT2D eigenvalue weighted by molar-refractivity contribution is 6.23. The van der Waals surface area contributed by atoms with Gasteiger partial charge < -0.3 is 10.5 Å². The summed E-state index contributed by atoms with van der Waals surface area (Å²) in [5.41, 5.74) is 7.12. The molecule has 3 N–H and O–H groups in total.